The molecule has 1 rings (SSSR count). The minimum absolute atomic E-state index is 0.709. The summed E-state index contributed by atoms with van der Waals surface area (Å²) in [6.07, 6.45) is 1.02. The van der Waals surface area contributed by atoms with Crippen molar-refractivity contribution in [2.75, 3.05) is 19.7 Å². The van der Waals surface area contributed by atoms with Crippen molar-refractivity contribution in [2.45, 2.75) is 27.2 Å². The van der Waals surface area contributed by atoms with Crippen molar-refractivity contribution in [1.29, 1.82) is 0 Å². The van der Waals surface area contributed by atoms with Gasteiger partial charge < -0.3 is 10.1 Å². The Morgan fingerprint density at radius 2 is 2.25 bits per heavy atom. The molecule has 1 aromatic heterocycles. The van der Waals surface area contributed by atoms with Gasteiger partial charge in [-0.15, -0.1) is 0 Å². The van der Waals surface area contributed by atoms with Gasteiger partial charge in [0, 0.05) is 13.1 Å². The molecule has 1 heterocycles. The first kappa shape index (κ1) is 13.0. The van der Waals surface area contributed by atoms with E-state index in [1.54, 1.807) is 4.68 Å². The number of nitrogens with one attached hydrogen (secondary N) is 1. The Kier molecular flexibility index (Phi) is 5.32. The lowest BCUT2D eigenvalue weighted by atomic mass is 10.2. The highest BCUT2D eigenvalue weighted by atomic mass is 16.5. The number of hydrogen-bond acceptors (Lipinski definition) is 3. The smallest absolute Gasteiger partial charge is 0.211 e. The zero-order valence-corrected chi connectivity index (χ0v) is 10.8. The van der Waals surface area contributed by atoms with Crippen molar-refractivity contribution in [2.24, 2.45) is 13.0 Å². The molecule has 0 spiro atoms. The molecule has 0 saturated carbocycles. The number of ether oxygens (including phenoxy) is 1. The van der Waals surface area contributed by atoms with Crippen LogP contribution < -0.4 is 10.1 Å². The molecule has 4 nitrogen and oxygen atoms in total. The van der Waals surface area contributed by atoms with Gasteiger partial charge in [0.2, 0.25) is 5.88 Å². The monoisotopic (exact) mass is 225 g/mol. The van der Waals surface area contributed by atoms with Gasteiger partial charge in [0.05, 0.1) is 12.3 Å². The molecule has 16 heavy (non-hydrogen) atoms. The van der Waals surface area contributed by atoms with Crippen molar-refractivity contribution in [3.63, 3.8) is 0 Å². The van der Waals surface area contributed by atoms with Gasteiger partial charge in [-0.1, -0.05) is 13.8 Å². The Bertz CT molecular complexity index is 307. The van der Waals surface area contributed by atoms with Gasteiger partial charge in [-0.25, -0.2) is 4.68 Å². The summed E-state index contributed by atoms with van der Waals surface area (Å²) >= 11 is 0. The standard InChI is InChI=1S/C12H23N3O/c1-10(2)9-13-6-5-7-16-12-8-11(3)14-15(12)4/h8,10,13H,5-7,9H2,1-4H3. The molecule has 0 atom stereocenters. The van der Waals surface area contributed by atoms with Gasteiger partial charge in [0.15, 0.2) is 0 Å². The average molecular weight is 225 g/mol. The van der Waals surface area contributed by atoms with Crippen molar-refractivity contribution >= 4 is 0 Å². The summed E-state index contributed by atoms with van der Waals surface area (Å²) in [5, 5.41) is 7.61. The molecule has 0 radical (unpaired) electrons. The predicted molar refractivity (Wildman–Crippen MR) is 65.8 cm³/mol. The van der Waals surface area contributed by atoms with Gasteiger partial charge >= 0.3 is 0 Å². The summed E-state index contributed by atoms with van der Waals surface area (Å²) < 4.78 is 7.40. The van der Waals surface area contributed by atoms with Gasteiger partial charge in [0.1, 0.15) is 0 Å². The first-order chi connectivity index (χ1) is 7.59. The Balaban J connectivity index is 2.09. The van der Waals surface area contributed by atoms with E-state index in [1.165, 1.54) is 0 Å². The van der Waals surface area contributed by atoms with E-state index >= 15 is 0 Å². The first-order valence-corrected chi connectivity index (χ1v) is 5.93. The van der Waals surface area contributed by atoms with Crippen molar-refractivity contribution in [1.82, 2.24) is 15.1 Å². The number of rotatable bonds is 7. The molecule has 0 amide bonds. The third kappa shape index (κ3) is 4.66. The topological polar surface area (TPSA) is 39.1 Å². The fourth-order valence-electron chi connectivity index (χ4n) is 1.49. The summed E-state index contributed by atoms with van der Waals surface area (Å²) in [6.45, 7) is 9.21. The van der Waals surface area contributed by atoms with Crippen LogP contribution in [-0.2, 0) is 7.05 Å². The number of hydrogen-bond donors (Lipinski definition) is 1. The molecule has 1 aromatic rings. The zero-order valence-electron chi connectivity index (χ0n) is 10.8. The largest absolute Gasteiger partial charge is 0.478 e. The third-order valence-electron chi connectivity index (χ3n) is 2.26. The molecule has 92 valence electrons. The Morgan fingerprint density at radius 1 is 1.50 bits per heavy atom. The molecular formula is C12H23N3O. The van der Waals surface area contributed by atoms with Gasteiger partial charge in [0.25, 0.3) is 0 Å². The maximum atomic E-state index is 5.63. The lowest BCUT2D eigenvalue weighted by Crippen LogP contribution is -2.22. The zero-order chi connectivity index (χ0) is 12.0. The lowest BCUT2D eigenvalue weighted by molar-refractivity contribution is 0.282. The van der Waals surface area contributed by atoms with E-state index < -0.39 is 0 Å². The third-order valence-corrected chi connectivity index (χ3v) is 2.26. The van der Waals surface area contributed by atoms with Gasteiger partial charge in [-0.3, -0.25) is 0 Å². The maximum Gasteiger partial charge on any atom is 0.211 e. The number of aryl methyl sites for hydroxylation is 2. The second-order valence-electron chi connectivity index (χ2n) is 4.55. The van der Waals surface area contributed by atoms with E-state index in [2.05, 4.69) is 24.3 Å². The highest BCUT2D eigenvalue weighted by Crippen LogP contribution is 2.10. The molecule has 0 saturated heterocycles. The molecule has 4 heteroatoms. The normalized spacial score (nSPS) is 11.1. The highest BCUT2D eigenvalue weighted by Gasteiger charge is 2.01. The fraction of sp³-hybridized carbons (Fsp3) is 0.750. The van der Waals surface area contributed by atoms with Crippen LogP contribution in [0.1, 0.15) is 26.0 Å². The molecule has 0 bridgehead atoms. The minimum atomic E-state index is 0.709. The van der Waals surface area contributed by atoms with Crippen LogP contribution in [0.5, 0.6) is 5.88 Å². The van der Waals surface area contributed by atoms with E-state index in [4.69, 9.17) is 4.74 Å². The van der Waals surface area contributed by atoms with Crippen LogP contribution in [0.15, 0.2) is 6.07 Å². The summed E-state index contributed by atoms with van der Waals surface area (Å²) in [4.78, 5) is 0. The maximum absolute atomic E-state index is 5.63. The minimum Gasteiger partial charge on any atom is -0.478 e. The van der Waals surface area contributed by atoms with Crippen LogP contribution in [-0.4, -0.2) is 29.5 Å². The molecule has 0 fully saturated rings. The Labute approximate surface area is 98.0 Å². The lowest BCUT2D eigenvalue weighted by Gasteiger charge is -2.08. The first-order valence-electron chi connectivity index (χ1n) is 5.93. The van der Waals surface area contributed by atoms with Crippen LogP contribution in [0.3, 0.4) is 0 Å². The summed E-state index contributed by atoms with van der Waals surface area (Å²) in [7, 11) is 1.90. The van der Waals surface area contributed by atoms with E-state index in [9.17, 15) is 0 Å². The summed E-state index contributed by atoms with van der Waals surface area (Å²) in [5.41, 5.74) is 0.996. The van der Waals surface area contributed by atoms with Gasteiger partial charge in [-0.05, 0) is 32.4 Å². The molecule has 1 N–H and O–H groups in total. The van der Waals surface area contributed by atoms with E-state index in [0.717, 1.165) is 37.7 Å². The van der Waals surface area contributed by atoms with Crippen LogP contribution in [0.4, 0.5) is 0 Å². The second-order valence-corrected chi connectivity index (χ2v) is 4.55. The fourth-order valence-corrected chi connectivity index (χ4v) is 1.49. The molecular weight excluding hydrogens is 202 g/mol. The quantitative estimate of drug-likeness (QED) is 0.718. The Hall–Kier alpha value is -1.03. The van der Waals surface area contributed by atoms with Gasteiger partial charge in [-0.2, -0.15) is 5.10 Å². The molecule has 0 aliphatic rings. The SMILES string of the molecule is Cc1cc(OCCCNCC(C)C)n(C)n1. The van der Waals surface area contributed by atoms with E-state index in [0.29, 0.717) is 5.92 Å². The van der Waals surface area contributed by atoms with Crippen LogP contribution in [0, 0.1) is 12.8 Å². The molecule has 0 unspecified atom stereocenters. The number of nitrogens with zero attached hydrogens (tertiary/aromatic N) is 2. The summed E-state index contributed by atoms with van der Waals surface area (Å²) in [5.74, 6) is 1.56. The number of aromatic nitrogens is 2. The molecule has 0 aliphatic heterocycles. The summed E-state index contributed by atoms with van der Waals surface area (Å²) in [6, 6.07) is 1.96. The van der Waals surface area contributed by atoms with E-state index in [-0.39, 0.29) is 0 Å². The highest BCUT2D eigenvalue weighted by molar-refractivity contribution is 5.14. The van der Waals surface area contributed by atoms with E-state index in [1.807, 2.05) is 20.0 Å². The molecule has 0 aliphatic carbocycles. The second kappa shape index (κ2) is 6.53. The van der Waals surface area contributed by atoms with Crippen molar-refractivity contribution in [3.8, 4) is 5.88 Å². The van der Waals surface area contributed by atoms with Crippen LogP contribution >= 0.6 is 0 Å². The van der Waals surface area contributed by atoms with Crippen LogP contribution in [0.2, 0.25) is 0 Å². The van der Waals surface area contributed by atoms with Crippen molar-refractivity contribution < 1.29 is 4.74 Å². The average Bonchev–Trinajstić information content (AvgIpc) is 2.50. The Morgan fingerprint density at radius 3 is 2.81 bits per heavy atom. The van der Waals surface area contributed by atoms with Crippen LogP contribution in [0.25, 0.3) is 0 Å². The van der Waals surface area contributed by atoms with Crippen molar-refractivity contribution in [3.05, 3.63) is 11.8 Å². The molecule has 0 aromatic carbocycles. The predicted octanol–water partition coefficient (Wildman–Crippen LogP) is 1.74.